The zero-order chi connectivity index (χ0) is 6.08. The molecule has 0 radical (unpaired) electrons. The normalized spacial score (nSPS) is 9.75. The smallest absolute Gasteiger partial charge is 0.804 e. The van der Waals surface area contributed by atoms with Crippen LogP contribution in [0.25, 0.3) is 0 Å². The van der Waals surface area contributed by atoms with E-state index in [0.29, 0.717) is 0 Å². The molecule has 42 valence electrons. The van der Waals surface area contributed by atoms with E-state index in [1.165, 1.54) is 0 Å². The van der Waals surface area contributed by atoms with E-state index in [4.69, 9.17) is 0 Å². The van der Waals surface area contributed by atoms with Gasteiger partial charge in [0, 0.05) is 7.60 Å². The predicted molar refractivity (Wildman–Crippen MR) is 18.3 cm³/mol. The molecule has 0 aromatic carbocycles. The first-order valence-electron chi connectivity index (χ1n) is 1.26. The van der Waals surface area contributed by atoms with Crippen molar-refractivity contribution in [3.63, 3.8) is 0 Å². The first-order chi connectivity index (χ1) is 2.94. The van der Waals surface area contributed by atoms with E-state index >= 15 is 0 Å². The van der Waals surface area contributed by atoms with E-state index in [9.17, 15) is 19.1 Å². The molecule has 0 unspecified atom stereocenters. The van der Waals surface area contributed by atoms with Crippen LogP contribution in [0.5, 0.6) is 0 Å². The molecule has 0 bridgehead atoms. The Kier molecular flexibility index (Phi) is 6.19. The molecule has 0 fully saturated rings. The molecule has 0 atom stereocenters. The second-order valence-electron chi connectivity index (χ2n) is 0.836. The Bertz CT molecular complexity index is 133. The van der Waals surface area contributed by atoms with E-state index in [1.807, 2.05) is 0 Å². The first kappa shape index (κ1) is 12.0. The van der Waals surface area contributed by atoms with Crippen molar-refractivity contribution in [3.05, 3.63) is 0 Å². The minimum absolute atomic E-state index is 0. The van der Waals surface area contributed by atoms with Gasteiger partial charge in [0.15, 0.2) is 0 Å². The van der Waals surface area contributed by atoms with Crippen molar-refractivity contribution in [1.82, 2.24) is 0 Å². The number of hydrogen-bond donors (Lipinski definition) is 1. The van der Waals surface area contributed by atoms with Gasteiger partial charge < -0.3 is 20.1 Å². The third-order valence-corrected chi connectivity index (χ3v) is 0.810. The van der Waals surface area contributed by atoms with E-state index in [2.05, 4.69) is 5.73 Å². The van der Waals surface area contributed by atoms with Crippen molar-refractivity contribution < 1.29 is 72.0 Å². The number of primary amides is 1. The Hall–Kier alpha value is 1.26. The van der Waals surface area contributed by atoms with E-state index in [0.717, 1.165) is 0 Å². The van der Waals surface area contributed by atoms with Crippen molar-refractivity contribution >= 4 is 13.2 Å². The molecule has 0 aliphatic rings. The monoisotopic (exact) mass is 163 g/mol. The van der Waals surface area contributed by atoms with Crippen LogP contribution in [-0.2, 0) is 4.57 Å². The van der Waals surface area contributed by atoms with Crippen LogP contribution in [0, 0.1) is 0 Å². The third kappa shape index (κ3) is 5.39. The Balaban J connectivity index is -0.000000180. The molecule has 0 aliphatic carbocycles. The molecule has 2 N–H and O–H groups in total. The number of hydrogen-bond acceptors (Lipinski definition) is 4. The summed E-state index contributed by atoms with van der Waals surface area (Å²) >= 11 is 0. The summed E-state index contributed by atoms with van der Waals surface area (Å²) in [6.07, 6.45) is 0. The average molecular weight is 163 g/mol. The molecule has 1 amide bonds. The van der Waals surface area contributed by atoms with Crippen molar-refractivity contribution in [3.8, 4) is 0 Å². The minimum atomic E-state index is -5.10. The molecule has 0 heterocycles. The maximum absolute atomic E-state index is 9.35. The van der Waals surface area contributed by atoms with Gasteiger partial charge in [0.25, 0.3) is 0 Å². The molecule has 0 aliphatic heterocycles. The van der Waals surface area contributed by atoms with Crippen molar-refractivity contribution in [2.45, 2.75) is 0 Å². The number of carbonyl (C=O) groups is 1. The molecule has 0 aromatic rings. The largest absolute Gasteiger partial charge is 1.00 e. The molecule has 0 saturated heterocycles. The Labute approximate surface area is 89.7 Å². The zero-order valence-electron chi connectivity index (χ0n) is 5.16. The summed E-state index contributed by atoms with van der Waals surface area (Å²) in [5.41, 5.74) is 2.23. The van der Waals surface area contributed by atoms with Crippen molar-refractivity contribution in [2.24, 2.45) is 5.73 Å². The van der Waals surface area contributed by atoms with Crippen molar-refractivity contribution in [2.75, 3.05) is 0 Å². The van der Waals surface area contributed by atoms with Crippen molar-refractivity contribution in [1.29, 1.82) is 0 Å². The SMILES string of the molecule is NC(=O)P(=O)([O-])[O-].[H+].[K+]. The van der Waals surface area contributed by atoms with Crippen LogP contribution >= 0.6 is 7.60 Å². The summed E-state index contributed by atoms with van der Waals surface area (Å²) in [5.74, 6) is 0. The van der Waals surface area contributed by atoms with Gasteiger partial charge in [-0.25, -0.2) is 0 Å². The standard InChI is InChI=1S/CH4NO4P.K/c2-1(3)7(4,5)6;/h(H2,2,3)(H2,4,5,6);/q;+1/p-1. The van der Waals surface area contributed by atoms with Crippen LogP contribution in [0.15, 0.2) is 0 Å². The number of rotatable bonds is 1. The molecule has 0 saturated carbocycles. The summed E-state index contributed by atoms with van der Waals surface area (Å²) in [5, 5.41) is 0. The molecular weight excluding hydrogens is 160 g/mol. The number of nitrogens with two attached hydrogens (primary N) is 1. The molecular formula is CH3KNO4P. The molecule has 0 rings (SSSR count). The fourth-order valence-electron chi connectivity index (χ4n) is 0. The molecule has 0 aromatic heterocycles. The minimum Gasteiger partial charge on any atom is -0.804 e. The fraction of sp³-hybridized carbons (Fsp3) is 0. The van der Waals surface area contributed by atoms with Gasteiger partial charge in [0.1, 0.15) is 0 Å². The predicted octanol–water partition coefficient (Wildman–Crippen LogP) is -4.90. The van der Waals surface area contributed by atoms with Gasteiger partial charge in [0.05, 0.1) is 0 Å². The molecule has 8 heavy (non-hydrogen) atoms. The topological polar surface area (TPSA) is 106 Å². The van der Waals surface area contributed by atoms with Gasteiger partial charge in [-0.05, 0) is 0 Å². The maximum atomic E-state index is 9.35. The Morgan fingerprint density at radius 2 is 1.75 bits per heavy atom. The van der Waals surface area contributed by atoms with Crippen LogP contribution in [0.2, 0.25) is 0 Å². The fourth-order valence-corrected chi connectivity index (χ4v) is 0. The third-order valence-electron chi connectivity index (χ3n) is 0.270. The quantitative estimate of drug-likeness (QED) is 0.309. The summed E-state index contributed by atoms with van der Waals surface area (Å²) in [4.78, 5) is 28.0. The second kappa shape index (κ2) is 4.13. The van der Waals surface area contributed by atoms with Gasteiger partial charge in [-0.3, -0.25) is 4.79 Å². The average Bonchev–Trinajstić information content (AvgIpc) is 1.31. The van der Waals surface area contributed by atoms with Gasteiger partial charge in [-0.1, -0.05) is 0 Å². The molecule has 5 nitrogen and oxygen atoms in total. The Morgan fingerprint density at radius 3 is 1.75 bits per heavy atom. The van der Waals surface area contributed by atoms with Gasteiger partial charge >= 0.3 is 52.8 Å². The maximum Gasteiger partial charge on any atom is 1.00 e. The summed E-state index contributed by atoms with van der Waals surface area (Å²) in [6.45, 7) is 0. The zero-order valence-corrected chi connectivity index (χ0v) is 8.18. The summed E-state index contributed by atoms with van der Waals surface area (Å²) < 4.78 is 9.33. The number of amides is 1. The van der Waals surface area contributed by atoms with Crippen LogP contribution in [0.3, 0.4) is 0 Å². The second-order valence-corrected chi connectivity index (χ2v) is 2.27. The van der Waals surface area contributed by atoms with Gasteiger partial charge in [0.2, 0.25) is 5.65 Å². The van der Waals surface area contributed by atoms with E-state index in [1.54, 1.807) is 0 Å². The van der Waals surface area contributed by atoms with Crippen LogP contribution in [-0.4, -0.2) is 5.65 Å². The Morgan fingerprint density at radius 1 is 1.62 bits per heavy atom. The van der Waals surface area contributed by atoms with E-state index in [-0.39, 0.29) is 52.8 Å². The number of carbonyl (C=O) groups excluding carboxylic acids is 1. The van der Waals surface area contributed by atoms with Crippen LogP contribution in [0.4, 0.5) is 4.79 Å². The van der Waals surface area contributed by atoms with Crippen LogP contribution in [0.1, 0.15) is 1.43 Å². The first-order valence-corrected chi connectivity index (χ1v) is 2.81. The summed E-state index contributed by atoms with van der Waals surface area (Å²) in [6, 6.07) is 0. The molecule has 0 spiro atoms. The summed E-state index contributed by atoms with van der Waals surface area (Å²) in [7, 11) is -5.10. The van der Waals surface area contributed by atoms with Gasteiger partial charge in [-0.2, -0.15) is 0 Å². The van der Waals surface area contributed by atoms with Crippen LogP contribution < -0.4 is 66.9 Å². The van der Waals surface area contributed by atoms with Gasteiger partial charge in [-0.15, -0.1) is 0 Å². The molecule has 7 heteroatoms. The van der Waals surface area contributed by atoms with E-state index < -0.39 is 13.2 Å².